The van der Waals surface area contributed by atoms with E-state index in [9.17, 15) is 18.0 Å². The van der Waals surface area contributed by atoms with Gasteiger partial charge in [-0.3, -0.25) is 9.59 Å². The van der Waals surface area contributed by atoms with Crippen LogP contribution in [0.1, 0.15) is 18.1 Å². The second kappa shape index (κ2) is 12.7. The molecule has 0 aliphatic rings. The number of benzene rings is 3. The smallest absolute Gasteiger partial charge is 0.326 e. The van der Waals surface area contributed by atoms with Crippen LogP contribution in [0.2, 0.25) is 0 Å². The summed E-state index contributed by atoms with van der Waals surface area (Å²) in [5.41, 5.74) is 3.18. The molecular formula is C27H27N3O6S. The van der Waals surface area contributed by atoms with Crippen LogP contribution in [-0.4, -0.2) is 46.6 Å². The molecule has 9 nitrogen and oxygen atoms in total. The van der Waals surface area contributed by atoms with E-state index in [0.717, 1.165) is 16.7 Å². The molecule has 0 heterocycles. The standard InChI is InChI=1S/C27H27N3O6S/c1-3-36-27(32)23(30-37(33,34)25-7-5-4-6-24(25)35-2)18-29-26(31)16-19-8-12-21(13-9-19)22-14-10-20(17-28)11-15-22/h4-15,23,30H,3,16,18H2,1-2H3,(H,29,31)/t23-/m0/s1. The second-order valence-corrected chi connectivity index (χ2v) is 9.63. The number of nitriles is 1. The predicted octanol–water partition coefficient (Wildman–Crippen LogP) is 2.80. The van der Waals surface area contributed by atoms with Gasteiger partial charge in [0.05, 0.1) is 31.8 Å². The first-order valence-corrected chi connectivity index (χ1v) is 12.9. The highest BCUT2D eigenvalue weighted by Gasteiger charge is 2.29. The lowest BCUT2D eigenvalue weighted by Crippen LogP contribution is -2.49. The van der Waals surface area contributed by atoms with Crippen molar-refractivity contribution in [1.29, 1.82) is 5.26 Å². The van der Waals surface area contributed by atoms with Gasteiger partial charge in [-0.1, -0.05) is 48.5 Å². The Balaban J connectivity index is 1.65. The van der Waals surface area contributed by atoms with Crippen LogP contribution in [-0.2, 0) is 30.8 Å². The fraction of sp³-hybridized carbons (Fsp3) is 0.222. The number of hydrogen-bond donors (Lipinski definition) is 2. The maximum absolute atomic E-state index is 12.9. The van der Waals surface area contributed by atoms with Crippen LogP contribution in [0.15, 0.2) is 77.7 Å². The van der Waals surface area contributed by atoms with Crippen molar-refractivity contribution < 1.29 is 27.5 Å². The van der Waals surface area contributed by atoms with E-state index in [2.05, 4.69) is 16.1 Å². The van der Waals surface area contributed by atoms with E-state index in [1.165, 1.54) is 25.3 Å². The van der Waals surface area contributed by atoms with Crippen molar-refractivity contribution in [2.75, 3.05) is 20.3 Å². The van der Waals surface area contributed by atoms with Crippen molar-refractivity contribution in [1.82, 2.24) is 10.0 Å². The van der Waals surface area contributed by atoms with Gasteiger partial charge in [-0.2, -0.15) is 9.98 Å². The van der Waals surface area contributed by atoms with Crippen molar-refractivity contribution >= 4 is 21.9 Å². The van der Waals surface area contributed by atoms with E-state index in [1.54, 1.807) is 37.3 Å². The Labute approximate surface area is 216 Å². The third kappa shape index (κ3) is 7.39. The van der Waals surface area contributed by atoms with Gasteiger partial charge >= 0.3 is 5.97 Å². The molecule has 0 bridgehead atoms. The Morgan fingerprint density at radius 2 is 1.59 bits per heavy atom. The van der Waals surface area contributed by atoms with Gasteiger partial charge in [0.15, 0.2) is 0 Å². The fourth-order valence-electron chi connectivity index (χ4n) is 3.52. The van der Waals surface area contributed by atoms with E-state index in [1.807, 2.05) is 24.3 Å². The summed E-state index contributed by atoms with van der Waals surface area (Å²) in [6, 6.07) is 21.3. The van der Waals surface area contributed by atoms with Gasteiger partial charge in [-0.15, -0.1) is 0 Å². The first-order valence-electron chi connectivity index (χ1n) is 11.5. The van der Waals surface area contributed by atoms with Gasteiger partial charge in [-0.25, -0.2) is 8.42 Å². The molecule has 3 aromatic rings. The molecule has 192 valence electrons. The number of methoxy groups -OCH3 is 1. The summed E-state index contributed by atoms with van der Waals surface area (Å²) >= 11 is 0. The average molecular weight is 522 g/mol. The van der Waals surface area contributed by atoms with Crippen LogP contribution in [0.3, 0.4) is 0 Å². The van der Waals surface area contributed by atoms with E-state index >= 15 is 0 Å². The minimum absolute atomic E-state index is 0.0302. The second-order valence-electron chi connectivity index (χ2n) is 7.94. The van der Waals surface area contributed by atoms with E-state index in [-0.39, 0.29) is 30.2 Å². The summed E-state index contributed by atoms with van der Waals surface area (Å²) in [6.07, 6.45) is 0.0302. The molecule has 1 amide bonds. The van der Waals surface area contributed by atoms with Gasteiger partial charge < -0.3 is 14.8 Å². The number of carbonyl (C=O) groups excluding carboxylic acids is 2. The summed E-state index contributed by atoms with van der Waals surface area (Å²) in [5, 5.41) is 11.5. The van der Waals surface area contributed by atoms with Crippen molar-refractivity contribution in [2.45, 2.75) is 24.3 Å². The monoisotopic (exact) mass is 521 g/mol. The Bertz CT molecular complexity index is 1380. The SMILES string of the molecule is CCOC(=O)[C@H](CNC(=O)Cc1ccc(-c2ccc(C#N)cc2)cc1)NS(=O)(=O)c1ccccc1OC. The lowest BCUT2D eigenvalue weighted by atomic mass is 10.0. The molecule has 0 radical (unpaired) electrons. The number of hydrogen-bond acceptors (Lipinski definition) is 7. The van der Waals surface area contributed by atoms with Crippen LogP contribution in [0.4, 0.5) is 0 Å². The van der Waals surface area contributed by atoms with Crippen LogP contribution in [0, 0.1) is 11.3 Å². The zero-order chi connectivity index (χ0) is 26.8. The summed E-state index contributed by atoms with van der Waals surface area (Å²) in [4.78, 5) is 24.9. The number of amides is 1. The summed E-state index contributed by atoms with van der Waals surface area (Å²) in [7, 11) is -2.81. The van der Waals surface area contributed by atoms with Crippen LogP contribution < -0.4 is 14.8 Å². The lowest BCUT2D eigenvalue weighted by molar-refractivity contribution is -0.145. The average Bonchev–Trinajstić information content (AvgIpc) is 2.91. The highest BCUT2D eigenvalue weighted by molar-refractivity contribution is 7.89. The molecule has 0 saturated heterocycles. The first-order chi connectivity index (χ1) is 17.8. The molecule has 0 fully saturated rings. The van der Waals surface area contributed by atoms with Gasteiger partial charge in [0.2, 0.25) is 15.9 Å². The largest absolute Gasteiger partial charge is 0.495 e. The Morgan fingerprint density at radius 1 is 0.973 bits per heavy atom. The van der Waals surface area contributed by atoms with Crippen LogP contribution in [0.25, 0.3) is 11.1 Å². The van der Waals surface area contributed by atoms with Crippen molar-refractivity contribution in [3.8, 4) is 22.9 Å². The molecule has 10 heteroatoms. The number of carbonyl (C=O) groups is 2. The van der Waals surface area contributed by atoms with E-state index < -0.39 is 27.9 Å². The highest BCUT2D eigenvalue weighted by Crippen LogP contribution is 2.23. The maximum atomic E-state index is 12.9. The Hall–Kier alpha value is -4.20. The number of nitrogens with zero attached hydrogens (tertiary/aromatic N) is 1. The Morgan fingerprint density at radius 3 is 2.19 bits per heavy atom. The summed E-state index contributed by atoms with van der Waals surface area (Å²) in [5.74, 6) is -1.09. The molecule has 0 unspecified atom stereocenters. The topological polar surface area (TPSA) is 135 Å². The molecule has 0 saturated carbocycles. The highest BCUT2D eigenvalue weighted by atomic mass is 32.2. The molecule has 37 heavy (non-hydrogen) atoms. The van der Waals surface area contributed by atoms with Crippen molar-refractivity contribution in [3.63, 3.8) is 0 Å². The molecule has 0 aliphatic carbocycles. The van der Waals surface area contributed by atoms with Crippen LogP contribution >= 0.6 is 0 Å². The minimum atomic E-state index is -4.15. The summed E-state index contributed by atoms with van der Waals surface area (Å²) < 4.78 is 38.3. The van der Waals surface area contributed by atoms with Crippen molar-refractivity contribution in [3.05, 3.63) is 83.9 Å². The van der Waals surface area contributed by atoms with Gasteiger partial charge in [-0.05, 0) is 47.9 Å². The molecule has 1 atom stereocenters. The number of rotatable bonds is 11. The van der Waals surface area contributed by atoms with E-state index in [0.29, 0.717) is 5.56 Å². The fourth-order valence-corrected chi connectivity index (χ4v) is 4.88. The maximum Gasteiger partial charge on any atom is 0.326 e. The molecule has 2 N–H and O–H groups in total. The third-order valence-electron chi connectivity index (χ3n) is 5.40. The molecule has 0 aliphatic heterocycles. The van der Waals surface area contributed by atoms with Gasteiger partial charge in [0.1, 0.15) is 16.7 Å². The van der Waals surface area contributed by atoms with Crippen LogP contribution in [0.5, 0.6) is 5.75 Å². The van der Waals surface area contributed by atoms with Gasteiger partial charge in [0.25, 0.3) is 0 Å². The lowest BCUT2D eigenvalue weighted by Gasteiger charge is -2.19. The van der Waals surface area contributed by atoms with Crippen molar-refractivity contribution in [2.24, 2.45) is 0 Å². The predicted molar refractivity (Wildman–Crippen MR) is 137 cm³/mol. The molecular weight excluding hydrogens is 494 g/mol. The Kier molecular flexibility index (Phi) is 9.38. The number of sulfonamides is 1. The molecule has 3 rings (SSSR count). The quantitative estimate of drug-likeness (QED) is 0.371. The molecule has 0 spiro atoms. The normalized spacial score (nSPS) is 11.7. The number of ether oxygens (including phenoxy) is 2. The third-order valence-corrected chi connectivity index (χ3v) is 6.91. The molecule has 0 aromatic heterocycles. The minimum Gasteiger partial charge on any atom is -0.495 e. The molecule has 3 aromatic carbocycles. The first kappa shape index (κ1) is 27.4. The van der Waals surface area contributed by atoms with Gasteiger partial charge in [0, 0.05) is 6.54 Å². The summed E-state index contributed by atoms with van der Waals surface area (Å²) in [6.45, 7) is 1.35. The zero-order valence-corrected chi connectivity index (χ0v) is 21.2. The van der Waals surface area contributed by atoms with E-state index in [4.69, 9.17) is 14.7 Å². The zero-order valence-electron chi connectivity index (χ0n) is 20.4. The number of esters is 1. The number of para-hydroxylation sites is 1. The number of nitrogens with one attached hydrogen (secondary N) is 2.